The zero-order valence-electron chi connectivity index (χ0n) is 18.7. The highest BCUT2D eigenvalue weighted by molar-refractivity contribution is 6.08. The van der Waals surface area contributed by atoms with Crippen molar-refractivity contribution >= 4 is 34.0 Å². The summed E-state index contributed by atoms with van der Waals surface area (Å²) in [6, 6.07) is 36.7. The Labute approximate surface area is 200 Å². The van der Waals surface area contributed by atoms with Gasteiger partial charge < -0.3 is 11.1 Å². The van der Waals surface area contributed by atoms with Crippen LogP contribution in [0.4, 0.5) is 22.7 Å². The molecule has 0 saturated heterocycles. The van der Waals surface area contributed by atoms with E-state index < -0.39 is 0 Å². The Hall–Kier alpha value is -4.63. The van der Waals surface area contributed by atoms with Gasteiger partial charge in [-0.3, -0.25) is 0 Å². The molecule has 3 heteroatoms. The standard InChI is InChI=1S/C31H25N3/c32-26-17-11-23(12-18-26)31(24-13-19-29(20-14-24)33-27-7-3-1-4-8-27)25-15-21-30(22-16-25)34-28-9-5-2-6-10-28/h1-22,33H,32H2. The second kappa shape index (κ2) is 9.88. The molecule has 0 spiro atoms. The Morgan fingerprint density at radius 2 is 1.09 bits per heavy atom. The number of nitrogens with two attached hydrogens (primary N) is 1. The minimum Gasteiger partial charge on any atom is -0.399 e. The highest BCUT2D eigenvalue weighted by atomic mass is 14.9. The van der Waals surface area contributed by atoms with Gasteiger partial charge in [0.1, 0.15) is 0 Å². The minimum absolute atomic E-state index is 0.752. The number of nitrogens with one attached hydrogen (secondary N) is 1. The van der Waals surface area contributed by atoms with Crippen LogP contribution in [0.25, 0.3) is 5.57 Å². The summed E-state index contributed by atoms with van der Waals surface area (Å²) < 4.78 is 0. The number of anilines is 3. The second-order valence-electron chi connectivity index (χ2n) is 8.06. The molecule has 1 aliphatic rings. The van der Waals surface area contributed by atoms with E-state index in [1.165, 1.54) is 0 Å². The number of aliphatic imine (C=N–C) groups is 1. The van der Waals surface area contributed by atoms with E-state index in [-0.39, 0.29) is 0 Å². The van der Waals surface area contributed by atoms with Gasteiger partial charge in [-0.15, -0.1) is 0 Å². The third kappa shape index (κ3) is 5.05. The van der Waals surface area contributed by atoms with E-state index in [1.807, 2.05) is 60.7 Å². The fraction of sp³-hybridized carbons (Fsp3) is 0. The van der Waals surface area contributed by atoms with Crippen molar-refractivity contribution in [1.29, 1.82) is 0 Å². The molecule has 3 N–H and O–H groups in total. The normalized spacial score (nSPS) is 12.5. The van der Waals surface area contributed by atoms with Crippen LogP contribution in [0, 0.1) is 0 Å². The summed E-state index contributed by atoms with van der Waals surface area (Å²) in [5.41, 5.74) is 15.2. The van der Waals surface area contributed by atoms with Gasteiger partial charge in [0.25, 0.3) is 0 Å². The molecule has 4 aromatic carbocycles. The first kappa shape index (κ1) is 21.2. The highest BCUT2D eigenvalue weighted by Crippen LogP contribution is 2.31. The minimum atomic E-state index is 0.752. The Morgan fingerprint density at radius 3 is 1.71 bits per heavy atom. The first-order chi connectivity index (χ1) is 16.7. The molecule has 3 nitrogen and oxygen atoms in total. The van der Waals surface area contributed by atoms with Crippen molar-refractivity contribution in [3.63, 3.8) is 0 Å². The quantitative estimate of drug-likeness (QED) is 0.313. The van der Waals surface area contributed by atoms with Crippen LogP contribution in [0.3, 0.4) is 0 Å². The van der Waals surface area contributed by atoms with E-state index in [4.69, 9.17) is 10.7 Å². The zero-order chi connectivity index (χ0) is 23.2. The lowest BCUT2D eigenvalue weighted by molar-refractivity contribution is 1.48. The summed E-state index contributed by atoms with van der Waals surface area (Å²) in [4.78, 5) is 4.72. The molecule has 0 fully saturated rings. The lowest BCUT2D eigenvalue weighted by Crippen LogP contribution is -1.98. The predicted molar refractivity (Wildman–Crippen MR) is 145 cm³/mol. The van der Waals surface area contributed by atoms with Crippen LogP contribution in [0.1, 0.15) is 11.1 Å². The van der Waals surface area contributed by atoms with E-state index >= 15 is 0 Å². The fourth-order valence-electron chi connectivity index (χ4n) is 3.91. The molecule has 0 unspecified atom stereocenters. The van der Waals surface area contributed by atoms with Crippen LogP contribution in [0.15, 0.2) is 144 Å². The fourth-order valence-corrected chi connectivity index (χ4v) is 3.91. The van der Waals surface area contributed by atoms with Crippen molar-refractivity contribution < 1.29 is 0 Å². The summed E-state index contributed by atoms with van der Waals surface area (Å²) in [6.45, 7) is 0. The van der Waals surface area contributed by atoms with Gasteiger partial charge in [0, 0.05) is 17.1 Å². The molecule has 0 bridgehead atoms. The van der Waals surface area contributed by atoms with Gasteiger partial charge in [0.15, 0.2) is 0 Å². The Bertz CT molecular complexity index is 1360. The van der Waals surface area contributed by atoms with Crippen molar-refractivity contribution in [3.8, 4) is 0 Å². The van der Waals surface area contributed by atoms with E-state index in [0.29, 0.717) is 0 Å². The summed E-state index contributed by atoms with van der Waals surface area (Å²) in [6.07, 6.45) is 8.38. The van der Waals surface area contributed by atoms with Gasteiger partial charge in [-0.1, -0.05) is 72.8 Å². The number of para-hydroxylation sites is 2. The van der Waals surface area contributed by atoms with Crippen molar-refractivity contribution in [2.45, 2.75) is 0 Å². The van der Waals surface area contributed by atoms with Gasteiger partial charge in [-0.2, -0.15) is 0 Å². The third-order valence-electron chi connectivity index (χ3n) is 5.61. The van der Waals surface area contributed by atoms with Crippen LogP contribution in [0.5, 0.6) is 0 Å². The molecule has 0 aromatic heterocycles. The average molecular weight is 440 g/mol. The Kier molecular flexibility index (Phi) is 6.17. The third-order valence-corrected chi connectivity index (χ3v) is 5.61. The lowest BCUT2D eigenvalue weighted by Gasteiger charge is -2.15. The number of allylic oxidation sites excluding steroid dienone is 5. The van der Waals surface area contributed by atoms with Crippen LogP contribution < -0.4 is 11.1 Å². The maximum Gasteiger partial charge on any atom is 0.0637 e. The first-order valence-corrected chi connectivity index (χ1v) is 11.3. The number of benzene rings is 4. The summed E-state index contributed by atoms with van der Waals surface area (Å²) in [5.74, 6) is 0. The molecule has 0 amide bonds. The first-order valence-electron chi connectivity index (χ1n) is 11.3. The van der Waals surface area contributed by atoms with Gasteiger partial charge >= 0.3 is 0 Å². The molecule has 164 valence electrons. The van der Waals surface area contributed by atoms with Crippen molar-refractivity contribution in [3.05, 3.63) is 150 Å². The topological polar surface area (TPSA) is 50.4 Å². The van der Waals surface area contributed by atoms with Crippen LogP contribution in [0.2, 0.25) is 0 Å². The van der Waals surface area contributed by atoms with Crippen molar-refractivity contribution in [2.24, 2.45) is 4.99 Å². The molecular formula is C31H25N3. The summed E-state index contributed by atoms with van der Waals surface area (Å²) >= 11 is 0. The molecule has 0 saturated carbocycles. The molecule has 0 heterocycles. The van der Waals surface area contributed by atoms with Crippen molar-refractivity contribution in [1.82, 2.24) is 0 Å². The second-order valence-corrected chi connectivity index (χ2v) is 8.06. The number of nitrogen functional groups attached to an aromatic ring is 1. The molecular weight excluding hydrogens is 414 g/mol. The number of hydrogen-bond acceptors (Lipinski definition) is 3. The Balaban J connectivity index is 1.49. The maximum absolute atomic E-state index is 5.96. The van der Waals surface area contributed by atoms with Crippen LogP contribution in [-0.2, 0) is 0 Å². The monoisotopic (exact) mass is 439 g/mol. The maximum atomic E-state index is 5.96. The van der Waals surface area contributed by atoms with E-state index in [1.54, 1.807) is 0 Å². The number of nitrogens with zero attached hydrogens (tertiary/aromatic N) is 1. The lowest BCUT2D eigenvalue weighted by atomic mass is 9.90. The molecule has 0 atom stereocenters. The predicted octanol–water partition coefficient (Wildman–Crippen LogP) is 7.71. The van der Waals surface area contributed by atoms with Crippen LogP contribution >= 0.6 is 0 Å². The smallest absolute Gasteiger partial charge is 0.0637 e. The molecule has 0 aliphatic heterocycles. The van der Waals surface area contributed by atoms with Crippen molar-refractivity contribution in [2.75, 3.05) is 11.1 Å². The molecule has 5 rings (SSSR count). The molecule has 0 radical (unpaired) electrons. The molecule has 34 heavy (non-hydrogen) atoms. The highest BCUT2D eigenvalue weighted by Gasteiger charge is 2.12. The van der Waals surface area contributed by atoms with Gasteiger partial charge in [0.2, 0.25) is 0 Å². The van der Waals surface area contributed by atoms with Gasteiger partial charge in [0.05, 0.1) is 11.4 Å². The SMILES string of the molecule is Nc1ccc(C(=C2C=CC(=Nc3ccccc3)C=C2)c2ccc(Nc3ccccc3)cc2)cc1. The van der Waals surface area contributed by atoms with E-state index in [9.17, 15) is 0 Å². The zero-order valence-corrected chi connectivity index (χ0v) is 18.7. The molecule has 4 aromatic rings. The number of rotatable bonds is 5. The summed E-state index contributed by atoms with van der Waals surface area (Å²) in [5, 5.41) is 3.45. The largest absolute Gasteiger partial charge is 0.399 e. The van der Waals surface area contributed by atoms with Gasteiger partial charge in [-0.05, 0) is 83.0 Å². The van der Waals surface area contributed by atoms with Crippen LogP contribution in [-0.4, -0.2) is 5.71 Å². The summed E-state index contributed by atoms with van der Waals surface area (Å²) in [7, 11) is 0. The number of hydrogen-bond donors (Lipinski definition) is 2. The Morgan fingerprint density at radius 1 is 0.559 bits per heavy atom. The van der Waals surface area contributed by atoms with E-state index in [0.717, 1.165) is 50.7 Å². The van der Waals surface area contributed by atoms with E-state index in [2.05, 4.69) is 78.2 Å². The van der Waals surface area contributed by atoms with Gasteiger partial charge in [-0.25, -0.2) is 4.99 Å². The molecule has 1 aliphatic carbocycles. The average Bonchev–Trinajstić information content (AvgIpc) is 2.89.